The standard InChI is InChI=1S/C18H27NO4/c1-12-6-5-9-14(19)8-4-2-3-7-13-10-15(20)11-16(21)17(13)18(22)23-12/h10-12,14,20-21H,2-9,19H2,1H3/t12-,14?/m1/s1. The fourth-order valence-electron chi connectivity index (χ4n) is 3.11. The lowest BCUT2D eigenvalue weighted by Gasteiger charge is -2.18. The number of phenolic OH excluding ortho intramolecular Hbond substituents is 2. The Morgan fingerprint density at radius 1 is 1.09 bits per heavy atom. The van der Waals surface area contributed by atoms with E-state index in [1.165, 1.54) is 6.07 Å². The summed E-state index contributed by atoms with van der Waals surface area (Å²) >= 11 is 0. The van der Waals surface area contributed by atoms with Gasteiger partial charge in [-0.1, -0.05) is 12.8 Å². The number of aromatic hydroxyl groups is 2. The summed E-state index contributed by atoms with van der Waals surface area (Å²) in [5.41, 5.74) is 6.92. The van der Waals surface area contributed by atoms with Gasteiger partial charge in [-0.25, -0.2) is 4.79 Å². The molecule has 1 aliphatic rings. The molecule has 128 valence electrons. The van der Waals surface area contributed by atoms with Crippen molar-refractivity contribution in [2.45, 2.75) is 70.4 Å². The molecule has 0 radical (unpaired) electrons. The lowest BCUT2D eigenvalue weighted by Crippen LogP contribution is -2.22. The number of carbonyl (C=O) groups is 1. The molecule has 0 saturated carbocycles. The summed E-state index contributed by atoms with van der Waals surface area (Å²) in [6.07, 6.45) is 6.97. The van der Waals surface area contributed by atoms with E-state index in [4.69, 9.17) is 10.5 Å². The molecule has 0 bridgehead atoms. The number of phenols is 2. The second-order valence-electron chi connectivity index (χ2n) is 6.51. The molecule has 0 aromatic heterocycles. The lowest BCUT2D eigenvalue weighted by molar-refractivity contribution is 0.0314. The molecule has 0 fully saturated rings. The van der Waals surface area contributed by atoms with Crippen LogP contribution in [0.25, 0.3) is 0 Å². The van der Waals surface area contributed by atoms with Gasteiger partial charge in [-0.05, 0) is 57.1 Å². The number of cyclic esters (lactones) is 1. The number of hydrogen-bond acceptors (Lipinski definition) is 5. The molecule has 1 heterocycles. The van der Waals surface area contributed by atoms with E-state index in [0.29, 0.717) is 12.0 Å². The van der Waals surface area contributed by atoms with Gasteiger partial charge >= 0.3 is 5.97 Å². The molecule has 1 unspecified atom stereocenters. The van der Waals surface area contributed by atoms with Crippen molar-refractivity contribution >= 4 is 5.97 Å². The van der Waals surface area contributed by atoms with Gasteiger partial charge in [-0.2, -0.15) is 0 Å². The maximum Gasteiger partial charge on any atom is 0.342 e. The van der Waals surface area contributed by atoms with Crippen molar-refractivity contribution in [3.8, 4) is 11.5 Å². The summed E-state index contributed by atoms with van der Waals surface area (Å²) in [7, 11) is 0. The van der Waals surface area contributed by atoms with Crippen LogP contribution in [0.2, 0.25) is 0 Å². The normalized spacial score (nSPS) is 24.3. The van der Waals surface area contributed by atoms with Crippen LogP contribution in [0.15, 0.2) is 12.1 Å². The second-order valence-corrected chi connectivity index (χ2v) is 6.51. The van der Waals surface area contributed by atoms with Crippen LogP contribution in [0, 0.1) is 0 Å². The van der Waals surface area contributed by atoms with E-state index in [-0.39, 0.29) is 29.2 Å². The summed E-state index contributed by atoms with van der Waals surface area (Å²) in [6, 6.07) is 2.94. The molecule has 2 atom stereocenters. The Balaban J connectivity index is 2.21. The van der Waals surface area contributed by atoms with Gasteiger partial charge in [-0.15, -0.1) is 0 Å². The van der Waals surface area contributed by atoms with Crippen molar-refractivity contribution in [2.75, 3.05) is 0 Å². The lowest BCUT2D eigenvalue weighted by atomic mass is 9.97. The van der Waals surface area contributed by atoms with Crippen molar-refractivity contribution < 1.29 is 19.7 Å². The fourth-order valence-corrected chi connectivity index (χ4v) is 3.11. The van der Waals surface area contributed by atoms with Crippen LogP contribution in [0.5, 0.6) is 11.5 Å². The number of carbonyl (C=O) groups excluding carboxylic acids is 1. The molecule has 1 aromatic carbocycles. The van der Waals surface area contributed by atoms with Gasteiger partial charge in [0.25, 0.3) is 0 Å². The van der Waals surface area contributed by atoms with E-state index in [0.717, 1.165) is 44.9 Å². The third-order valence-corrected chi connectivity index (χ3v) is 4.40. The molecule has 1 aromatic rings. The third-order valence-electron chi connectivity index (χ3n) is 4.40. The zero-order valence-electron chi connectivity index (χ0n) is 13.8. The number of ether oxygens (including phenoxy) is 1. The Kier molecular flexibility index (Phi) is 6.28. The van der Waals surface area contributed by atoms with Crippen LogP contribution in [0.3, 0.4) is 0 Å². The molecule has 2 rings (SSSR count). The number of esters is 1. The average molecular weight is 321 g/mol. The average Bonchev–Trinajstić information content (AvgIpc) is 2.45. The highest BCUT2D eigenvalue weighted by atomic mass is 16.5. The molecular weight excluding hydrogens is 294 g/mol. The van der Waals surface area contributed by atoms with Crippen LogP contribution in [0.4, 0.5) is 0 Å². The van der Waals surface area contributed by atoms with E-state index < -0.39 is 5.97 Å². The highest BCUT2D eigenvalue weighted by Crippen LogP contribution is 2.30. The van der Waals surface area contributed by atoms with Crippen molar-refractivity contribution in [1.29, 1.82) is 0 Å². The third kappa shape index (κ3) is 5.13. The van der Waals surface area contributed by atoms with Crippen LogP contribution in [-0.2, 0) is 11.2 Å². The quantitative estimate of drug-likeness (QED) is 0.638. The number of aryl methyl sites for hydroxylation is 1. The number of nitrogens with two attached hydrogens (primary N) is 1. The molecule has 5 nitrogen and oxygen atoms in total. The Morgan fingerprint density at radius 3 is 2.61 bits per heavy atom. The summed E-state index contributed by atoms with van der Waals surface area (Å²) in [5, 5.41) is 19.7. The van der Waals surface area contributed by atoms with Crippen molar-refractivity contribution in [3.63, 3.8) is 0 Å². The maximum absolute atomic E-state index is 12.4. The predicted octanol–water partition coefficient (Wildman–Crippen LogP) is 3.26. The molecule has 4 N–H and O–H groups in total. The highest BCUT2D eigenvalue weighted by Gasteiger charge is 2.21. The smallest absolute Gasteiger partial charge is 0.342 e. The molecule has 23 heavy (non-hydrogen) atoms. The molecule has 5 heteroatoms. The SMILES string of the molecule is C[C@@H]1CCCC(N)CCCCCc2cc(O)cc(O)c2C(=O)O1. The second kappa shape index (κ2) is 8.20. The maximum atomic E-state index is 12.4. The Labute approximate surface area is 137 Å². The van der Waals surface area contributed by atoms with E-state index in [1.807, 2.05) is 6.92 Å². The van der Waals surface area contributed by atoms with Gasteiger partial charge < -0.3 is 20.7 Å². The molecular formula is C18H27NO4. The van der Waals surface area contributed by atoms with Crippen molar-refractivity contribution in [3.05, 3.63) is 23.3 Å². The first-order chi connectivity index (χ1) is 11.0. The van der Waals surface area contributed by atoms with E-state index in [1.54, 1.807) is 6.07 Å². The van der Waals surface area contributed by atoms with Gasteiger partial charge in [0, 0.05) is 12.1 Å². The Bertz CT molecular complexity index is 544. The van der Waals surface area contributed by atoms with Crippen LogP contribution in [0.1, 0.15) is 67.8 Å². The minimum absolute atomic E-state index is 0.0368. The first-order valence-corrected chi connectivity index (χ1v) is 8.48. The Hall–Kier alpha value is -1.75. The molecule has 0 aliphatic carbocycles. The summed E-state index contributed by atoms with van der Waals surface area (Å²) in [6.45, 7) is 1.85. The zero-order valence-corrected chi connectivity index (χ0v) is 13.8. The minimum atomic E-state index is -0.522. The number of hydrogen-bond donors (Lipinski definition) is 3. The number of benzene rings is 1. The summed E-state index contributed by atoms with van der Waals surface area (Å²) in [4.78, 5) is 12.4. The topological polar surface area (TPSA) is 92.8 Å². The minimum Gasteiger partial charge on any atom is -0.508 e. The van der Waals surface area contributed by atoms with E-state index >= 15 is 0 Å². The van der Waals surface area contributed by atoms with Crippen molar-refractivity contribution in [1.82, 2.24) is 0 Å². The first kappa shape index (κ1) is 17.6. The summed E-state index contributed by atoms with van der Waals surface area (Å²) < 4.78 is 5.46. The van der Waals surface area contributed by atoms with E-state index in [2.05, 4.69) is 0 Å². The first-order valence-electron chi connectivity index (χ1n) is 8.48. The Morgan fingerprint density at radius 2 is 1.83 bits per heavy atom. The highest BCUT2D eigenvalue weighted by molar-refractivity contribution is 5.94. The van der Waals surface area contributed by atoms with Gasteiger partial charge in [0.15, 0.2) is 0 Å². The largest absolute Gasteiger partial charge is 0.508 e. The monoisotopic (exact) mass is 321 g/mol. The fraction of sp³-hybridized carbons (Fsp3) is 0.611. The van der Waals surface area contributed by atoms with Gasteiger partial charge in [0.2, 0.25) is 0 Å². The summed E-state index contributed by atoms with van der Waals surface area (Å²) in [5.74, 6) is -0.775. The van der Waals surface area contributed by atoms with Crippen LogP contribution >= 0.6 is 0 Å². The predicted molar refractivity (Wildman–Crippen MR) is 88.6 cm³/mol. The van der Waals surface area contributed by atoms with Crippen molar-refractivity contribution in [2.24, 2.45) is 5.73 Å². The van der Waals surface area contributed by atoms with Gasteiger partial charge in [-0.3, -0.25) is 0 Å². The van der Waals surface area contributed by atoms with Crippen LogP contribution in [-0.4, -0.2) is 28.3 Å². The van der Waals surface area contributed by atoms with Gasteiger partial charge in [0.1, 0.15) is 17.1 Å². The molecule has 0 spiro atoms. The molecule has 0 saturated heterocycles. The zero-order chi connectivity index (χ0) is 16.8. The molecule has 1 aliphatic heterocycles. The molecule has 0 amide bonds. The van der Waals surface area contributed by atoms with Gasteiger partial charge in [0.05, 0.1) is 6.10 Å². The number of rotatable bonds is 0. The van der Waals surface area contributed by atoms with Crippen LogP contribution < -0.4 is 5.73 Å². The number of fused-ring (bicyclic) bond motifs is 1. The van der Waals surface area contributed by atoms with E-state index in [9.17, 15) is 15.0 Å².